The molecular formula is C17H16N6O2. The molecule has 0 aliphatic carbocycles. The van der Waals surface area contributed by atoms with E-state index in [1.807, 2.05) is 30.3 Å². The quantitative estimate of drug-likeness (QED) is 0.661. The van der Waals surface area contributed by atoms with Crippen molar-refractivity contribution in [1.29, 1.82) is 0 Å². The van der Waals surface area contributed by atoms with Gasteiger partial charge in [-0.15, -0.1) is 5.10 Å². The van der Waals surface area contributed by atoms with Gasteiger partial charge in [-0.2, -0.15) is 0 Å². The third-order valence-electron chi connectivity index (χ3n) is 3.37. The molecule has 3 amide bonds. The van der Waals surface area contributed by atoms with E-state index in [0.29, 0.717) is 17.9 Å². The Morgan fingerprint density at radius 1 is 0.960 bits per heavy atom. The van der Waals surface area contributed by atoms with Gasteiger partial charge in [0.1, 0.15) is 0 Å². The zero-order valence-electron chi connectivity index (χ0n) is 13.2. The number of amides is 3. The van der Waals surface area contributed by atoms with Gasteiger partial charge in [-0.05, 0) is 29.8 Å². The number of carbonyl (C=O) groups is 2. The van der Waals surface area contributed by atoms with Crippen molar-refractivity contribution < 1.29 is 9.59 Å². The van der Waals surface area contributed by atoms with Crippen molar-refractivity contribution in [3.05, 3.63) is 72.1 Å². The van der Waals surface area contributed by atoms with E-state index >= 15 is 0 Å². The summed E-state index contributed by atoms with van der Waals surface area (Å²) < 4.78 is 1.60. The summed E-state index contributed by atoms with van der Waals surface area (Å²) >= 11 is 0. The minimum Gasteiger partial charge on any atom is -0.351 e. The molecule has 25 heavy (non-hydrogen) atoms. The van der Waals surface area contributed by atoms with Crippen molar-refractivity contribution >= 4 is 23.3 Å². The van der Waals surface area contributed by atoms with Crippen LogP contribution in [-0.2, 0) is 6.54 Å². The summed E-state index contributed by atoms with van der Waals surface area (Å²) in [7, 11) is 0. The molecule has 0 atom stereocenters. The molecule has 0 saturated carbocycles. The highest BCUT2D eigenvalue weighted by atomic mass is 16.2. The van der Waals surface area contributed by atoms with Crippen LogP contribution >= 0.6 is 0 Å². The van der Waals surface area contributed by atoms with E-state index in [1.54, 1.807) is 35.1 Å². The molecule has 4 N–H and O–H groups in total. The maximum Gasteiger partial charge on any atom is 0.316 e. The van der Waals surface area contributed by atoms with Gasteiger partial charge in [-0.3, -0.25) is 4.79 Å². The van der Waals surface area contributed by atoms with Gasteiger partial charge >= 0.3 is 6.03 Å². The first-order valence-electron chi connectivity index (χ1n) is 7.52. The Morgan fingerprint density at radius 2 is 1.60 bits per heavy atom. The minimum atomic E-state index is -0.646. The van der Waals surface area contributed by atoms with Gasteiger partial charge in [-0.25, -0.2) is 9.48 Å². The SMILES string of the molecule is NC(=O)Nc1ccc(NC(=O)c2cn(Cc3ccccc3)nn2)cc1. The number of hydrogen-bond acceptors (Lipinski definition) is 4. The van der Waals surface area contributed by atoms with E-state index in [1.165, 1.54) is 0 Å². The Kier molecular flexibility index (Phi) is 4.70. The fraction of sp³-hybridized carbons (Fsp3) is 0.0588. The molecule has 8 nitrogen and oxygen atoms in total. The number of benzene rings is 2. The molecule has 1 heterocycles. The number of carbonyl (C=O) groups excluding carboxylic acids is 2. The highest BCUT2D eigenvalue weighted by Crippen LogP contribution is 2.14. The van der Waals surface area contributed by atoms with Crippen molar-refractivity contribution in [1.82, 2.24) is 15.0 Å². The van der Waals surface area contributed by atoms with E-state index in [9.17, 15) is 9.59 Å². The van der Waals surface area contributed by atoms with Crippen LogP contribution in [0.4, 0.5) is 16.2 Å². The molecule has 0 unspecified atom stereocenters. The van der Waals surface area contributed by atoms with Crippen LogP contribution in [0.3, 0.4) is 0 Å². The van der Waals surface area contributed by atoms with Crippen LogP contribution in [0.15, 0.2) is 60.8 Å². The number of urea groups is 1. The van der Waals surface area contributed by atoms with Gasteiger partial charge in [-0.1, -0.05) is 35.5 Å². The molecule has 3 aromatic rings. The van der Waals surface area contributed by atoms with Crippen LogP contribution in [0.2, 0.25) is 0 Å². The number of rotatable bonds is 5. The number of primary amides is 1. The van der Waals surface area contributed by atoms with E-state index in [-0.39, 0.29) is 11.6 Å². The Hall–Kier alpha value is -3.68. The lowest BCUT2D eigenvalue weighted by Crippen LogP contribution is -2.19. The smallest absolute Gasteiger partial charge is 0.316 e. The second-order valence-electron chi connectivity index (χ2n) is 5.31. The summed E-state index contributed by atoms with van der Waals surface area (Å²) in [5.41, 5.74) is 7.43. The van der Waals surface area contributed by atoms with Crippen molar-refractivity contribution in [2.75, 3.05) is 10.6 Å². The second-order valence-corrected chi connectivity index (χ2v) is 5.31. The summed E-state index contributed by atoms with van der Waals surface area (Å²) in [5, 5.41) is 13.0. The van der Waals surface area contributed by atoms with Gasteiger partial charge in [0.05, 0.1) is 12.7 Å². The molecule has 0 fully saturated rings. The normalized spacial score (nSPS) is 10.2. The average molecular weight is 336 g/mol. The molecule has 0 bridgehead atoms. The standard InChI is InChI=1S/C17H16N6O2/c18-17(25)20-14-8-6-13(7-9-14)19-16(24)15-11-23(22-21-15)10-12-4-2-1-3-5-12/h1-9,11H,10H2,(H,19,24)(H3,18,20,25). The predicted octanol–water partition coefficient (Wildman–Crippen LogP) is 2.07. The van der Waals surface area contributed by atoms with Crippen molar-refractivity contribution in [2.45, 2.75) is 6.54 Å². The minimum absolute atomic E-state index is 0.218. The topological polar surface area (TPSA) is 115 Å². The predicted molar refractivity (Wildman–Crippen MR) is 93.2 cm³/mol. The van der Waals surface area contributed by atoms with E-state index in [4.69, 9.17) is 5.73 Å². The highest BCUT2D eigenvalue weighted by Gasteiger charge is 2.11. The number of nitrogens with one attached hydrogen (secondary N) is 2. The fourth-order valence-corrected chi connectivity index (χ4v) is 2.22. The Labute approximate surface area is 143 Å². The molecule has 0 saturated heterocycles. The van der Waals surface area contributed by atoms with Crippen molar-refractivity contribution in [3.8, 4) is 0 Å². The second kappa shape index (κ2) is 7.26. The maximum absolute atomic E-state index is 12.2. The lowest BCUT2D eigenvalue weighted by atomic mass is 10.2. The molecule has 126 valence electrons. The Morgan fingerprint density at radius 3 is 2.24 bits per heavy atom. The number of nitrogens with two attached hydrogens (primary N) is 1. The van der Waals surface area contributed by atoms with Crippen LogP contribution in [0.1, 0.15) is 16.1 Å². The third kappa shape index (κ3) is 4.41. The lowest BCUT2D eigenvalue weighted by molar-refractivity contribution is 0.102. The average Bonchev–Trinajstić information content (AvgIpc) is 3.06. The molecule has 1 aromatic heterocycles. The molecule has 0 aliphatic heterocycles. The van der Waals surface area contributed by atoms with Crippen molar-refractivity contribution in [3.63, 3.8) is 0 Å². The lowest BCUT2D eigenvalue weighted by Gasteiger charge is -2.05. The van der Waals surface area contributed by atoms with Gasteiger partial charge in [0, 0.05) is 11.4 Å². The van der Waals surface area contributed by atoms with E-state index in [2.05, 4.69) is 20.9 Å². The number of aromatic nitrogens is 3. The molecule has 0 aliphatic rings. The van der Waals surface area contributed by atoms with Gasteiger partial charge < -0.3 is 16.4 Å². The maximum atomic E-state index is 12.2. The van der Waals surface area contributed by atoms with Crippen LogP contribution < -0.4 is 16.4 Å². The Balaban J connectivity index is 1.62. The van der Waals surface area contributed by atoms with Crippen LogP contribution in [0.5, 0.6) is 0 Å². The molecule has 0 spiro atoms. The Bertz CT molecular complexity index is 874. The monoisotopic (exact) mass is 336 g/mol. The summed E-state index contributed by atoms with van der Waals surface area (Å²) in [5.74, 6) is -0.366. The van der Waals surface area contributed by atoms with Gasteiger partial charge in [0.25, 0.3) is 5.91 Å². The molecule has 2 aromatic carbocycles. The first-order valence-corrected chi connectivity index (χ1v) is 7.52. The zero-order valence-corrected chi connectivity index (χ0v) is 13.2. The molecule has 3 rings (SSSR count). The van der Waals surface area contributed by atoms with Crippen LogP contribution in [0.25, 0.3) is 0 Å². The highest BCUT2D eigenvalue weighted by molar-refractivity contribution is 6.02. The fourth-order valence-electron chi connectivity index (χ4n) is 2.22. The summed E-state index contributed by atoms with van der Waals surface area (Å²) in [6.07, 6.45) is 1.59. The molecule has 8 heteroatoms. The molecule has 0 radical (unpaired) electrons. The van der Waals surface area contributed by atoms with Gasteiger partial charge in [0.15, 0.2) is 5.69 Å². The zero-order chi connectivity index (χ0) is 17.6. The first-order chi connectivity index (χ1) is 12.1. The van der Waals surface area contributed by atoms with Crippen molar-refractivity contribution in [2.24, 2.45) is 5.73 Å². The van der Waals surface area contributed by atoms with Crippen LogP contribution in [0, 0.1) is 0 Å². The third-order valence-corrected chi connectivity index (χ3v) is 3.37. The largest absolute Gasteiger partial charge is 0.351 e. The van der Waals surface area contributed by atoms with E-state index < -0.39 is 6.03 Å². The summed E-state index contributed by atoms with van der Waals surface area (Å²) in [4.78, 5) is 23.0. The first kappa shape index (κ1) is 16.2. The van der Waals surface area contributed by atoms with Crippen LogP contribution in [-0.4, -0.2) is 26.9 Å². The number of hydrogen-bond donors (Lipinski definition) is 3. The van der Waals surface area contributed by atoms with E-state index in [0.717, 1.165) is 5.56 Å². The molecular weight excluding hydrogens is 320 g/mol. The number of nitrogens with zero attached hydrogens (tertiary/aromatic N) is 3. The summed E-state index contributed by atoms with van der Waals surface area (Å²) in [6, 6.07) is 15.7. The number of anilines is 2. The summed E-state index contributed by atoms with van der Waals surface area (Å²) in [6.45, 7) is 0.536. The van der Waals surface area contributed by atoms with Gasteiger partial charge in [0.2, 0.25) is 0 Å².